The smallest absolute Gasteiger partial charge is 0.195 e. The Kier molecular flexibility index (Phi) is 4.79. The zero-order valence-corrected chi connectivity index (χ0v) is 11.2. The van der Waals surface area contributed by atoms with Crippen molar-refractivity contribution in [3.63, 3.8) is 0 Å². The van der Waals surface area contributed by atoms with Crippen LogP contribution in [-0.2, 0) is 6.54 Å². The maximum Gasteiger partial charge on any atom is 0.195 e. The van der Waals surface area contributed by atoms with Crippen LogP contribution in [0.1, 0.15) is 18.9 Å². The number of halogens is 3. The van der Waals surface area contributed by atoms with E-state index < -0.39 is 17.5 Å². The number of hydrogen-bond donors (Lipinski definition) is 1. The lowest BCUT2D eigenvalue weighted by Crippen LogP contribution is -2.13. The third kappa shape index (κ3) is 3.20. The van der Waals surface area contributed by atoms with Gasteiger partial charge in [0.2, 0.25) is 0 Å². The molecule has 0 amide bonds. The molecule has 2 aromatic carbocycles. The van der Waals surface area contributed by atoms with Crippen LogP contribution >= 0.6 is 0 Å². The fourth-order valence-corrected chi connectivity index (χ4v) is 1.96. The van der Waals surface area contributed by atoms with Crippen molar-refractivity contribution < 1.29 is 13.2 Å². The van der Waals surface area contributed by atoms with Gasteiger partial charge in [-0.15, -0.1) is 0 Å². The molecule has 2 aromatic rings. The standard InChI is InChI=1S/C16H16F3N/c1-2-9-20-10-11-3-5-12(6-4-11)13-7-8-14(17)16(19)15(13)18/h3-8,20H,2,9-10H2,1H3. The second kappa shape index (κ2) is 6.57. The predicted octanol–water partition coefficient (Wildman–Crippen LogP) is 4.27. The summed E-state index contributed by atoms with van der Waals surface area (Å²) in [4.78, 5) is 0. The van der Waals surface area contributed by atoms with Crippen molar-refractivity contribution in [1.29, 1.82) is 0 Å². The fourth-order valence-electron chi connectivity index (χ4n) is 1.96. The Balaban J connectivity index is 2.20. The van der Waals surface area contributed by atoms with Crippen LogP contribution in [0, 0.1) is 17.5 Å². The number of rotatable bonds is 5. The first-order valence-corrected chi connectivity index (χ1v) is 6.57. The molecule has 0 fully saturated rings. The van der Waals surface area contributed by atoms with E-state index in [4.69, 9.17) is 0 Å². The number of hydrogen-bond acceptors (Lipinski definition) is 1. The summed E-state index contributed by atoms with van der Waals surface area (Å²) < 4.78 is 39.8. The van der Waals surface area contributed by atoms with Crippen molar-refractivity contribution in [3.8, 4) is 11.1 Å². The zero-order chi connectivity index (χ0) is 14.5. The minimum absolute atomic E-state index is 0.0666. The van der Waals surface area contributed by atoms with E-state index in [9.17, 15) is 13.2 Å². The monoisotopic (exact) mass is 279 g/mol. The van der Waals surface area contributed by atoms with Crippen molar-refractivity contribution in [3.05, 3.63) is 59.4 Å². The highest BCUT2D eigenvalue weighted by atomic mass is 19.2. The van der Waals surface area contributed by atoms with Gasteiger partial charge in [0.25, 0.3) is 0 Å². The van der Waals surface area contributed by atoms with Gasteiger partial charge in [-0.3, -0.25) is 0 Å². The van der Waals surface area contributed by atoms with E-state index in [1.54, 1.807) is 12.1 Å². The van der Waals surface area contributed by atoms with Crippen LogP contribution in [0.25, 0.3) is 11.1 Å². The molecule has 0 saturated carbocycles. The third-order valence-corrected chi connectivity index (χ3v) is 3.06. The van der Waals surface area contributed by atoms with E-state index in [-0.39, 0.29) is 5.56 Å². The molecule has 1 N–H and O–H groups in total. The van der Waals surface area contributed by atoms with Crippen LogP contribution in [0.2, 0.25) is 0 Å². The minimum atomic E-state index is -1.43. The highest BCUT2D eigenvalue weighted by Gasteiger charge is 2.14. The molecule has 0 aromatic heterocycles. The lowest BCUT2D eigenvalue weighted by molar-refractivity contribution is 0.449. The molecule has 0 heterocycles. The van der Waals surface area contributed by atoms with Crippen molar-refractivity contribution in [2.75, 3.05) is 6.54 Å². The van der Waals surface area contributed by atoms with Gasteiger partial charge in [-0.2, -0.15) is 0 Å². The van der Waals surface area contributed by atoms with Crippen molar-refractivity contribution in [2.45, 2.75) is 19.9 Å². The normalized spacial score (nSPS) is 10.8. The van der Waals surface area contributed by atoms with Gasteiger partial charge in [-0.25, -0.2) is 13.2 Å². The van der Waals surface area contributed by atoms with Gasteiger partial charge in [0.1, 0.15) is 0 Å². The maximum absolute atomic E-state index is 13.7. The summed E-state index contributed by atoms with van der Waals surface area (Å²) in [6, 6.07) is 9.29. The number of nitrogens with one attached hydrogen (secondary N) is 1. The van der Waals surface area contributed by atoms with E-state index in [0.29, 0.717) is 5.56 Å². The van der Waals surface area contributed by atoms with Crippen LogP contribution in [0.4, 0.5) is 13.2 Å². The molecule has 1 nitrogen and oxygen atoms in total. The Morgan fingerprint density at radius 1 is 0.900 bits per heavy atom. The quantitative estimate of drug-likeness (QED) is 0.636. The molecule has 0 spiro atoms. The molecule has 0 aliphatic heterocycles. The average Bonchev–Trinajstić information content (AvgIpc) is 2.46. The second-order valence-electron chi connectivity index (χ2n) is 4.60. The van der Waals surface area contributed by atoms with Crippen LogP contribution in [0.15, 0.2) is 36.4 Å². The Hall–Kier alpha value is -1.81. The highest BCUT2D eigenvalue weighted by molar-refractivity contribution is 5.64. The molecule has 106 valence electrons. The maximum atomic E-state index is 13.7. The lowest BCUT2D eigenvalue weighted by atomic mass is 10.0. The Bertz CT molecular complexity index is 579. The summed E-state index contributed by atoms with van der Waals surface area (Å²) in [7, 11) is 0. The Morgan fingerprint density at radius 3 is 2.25 bits per heavy atom. The topological polar surface area (TPSA) is 12.0 Å². The van der Waals surface area contributed by atoms with E-state index in [2.05, 4.69) is 12.2 Å². The first-order chi connectivity index (χ1) is 9.63. The van der Waals surface area contributed by atoms with Crippen LogP contribution in [-0.4, -0.2) is 6.54 Å². The SMILES string of the molecule is CCCNCc1ccc(-c2ccc(F)c(F)c2F)cc1. The first kappa shape index (κ1) is 14.6. The molecular formula is C16H16F3N. The van der Waals surface area contributed by atoms with Crippen molar-refractivity contribution >= 4 is 0 Å². The van der Waals surface area contributed by atoms with Gasteiger partial charge in [0.15, 0.2) is 17.5 Å². The summed E-state index contributed by atoms with van der Waals surface area (Å²) in [6.45, 7) is 3.75. The van der Waals surface area contributed by atoms with Gasteiger partial charge in [0.05, 0.1) is 0 Å². The van der Waals surface area contributed by atoms with E-state index in [0.717, 1.165) is 31.1 Å². The second-order valence-corrected chi connectivity index (χ2v) is 4.60. The van der Waals surface area contributed by atoms with Gasteiger partial charge in [-0.1, -0.05) is 31.2 Å². The third-order valence-electron chi connectivity index (χ3n) is 3.06. The molecule has 0 atom stereocenters. The summed E-state index contributed by atoms with van der Waals surface area (Å²) >= 11 is 0. The van der Waals surface area contributed by atoms with Gasteiger partial charge in [0, 0.05) is 12.1 Å². The Labute approximate surface area is 116 Å². The summed E-state index contributed by atoms with van der Waals surface area (Å²) in [5, 5.41) is 3.25. The minimum Gasteiger partial charge on any atom is -0.313 e. The first-order valence-electron chi connectivity index (χ1n) is 6.57. The molecule has 0 saturated heterocycles. The molecule has 4 heteroatoms. The van der Waals surface area contributed by atoms with Crippen molar-refractivity contribution in [1.82, 2.24) is 5.32 Å². The van der Waals surface area contributed by atoms with E-state index in [1.807, 2.05) is 12.1 Å². The molecule has 0 aliphatic rings. The van der Waals surface area contributed by atoms with Crippen LogP contribution < -0.4 is 5.32 Å². The lowest BCUT2D eigenvalue weighted by Gasteiger charge is -2.07. The molecule has 2 rings (SSSR count). The molecule has 0 bridgehead atoms. The molecule has 20 heavy (non-hydrogen) atoms. The largest absolute Gasteiger partial charge is 0.313 e. The molecule has 0 radical (unpaired) electrons. The van der Waals surface area contributed by atoms with Crippen LogP contribution in [0.5, 0.6) is 0 Å². The Morgan fingerprint density at radius 2 is 1.60 bits per heavy atom. The molecule has 0 aliphatic carbocycles. The van der Waals surface area contributed by atoms with Gasteiger partial charge >= 0.3 is 0 Å². The van der Waals surface area contributed by atoms with Gasteiger partial charge < -0.3 is 5.32 Å². The van der Waals surface area contributed by atoms with E-state index >= 15 is 0 Å². The summed E-state index contributed by atoms with van der Waals surface area (Å²) in [6.07, 6.45) is 1.05. The predicted molar refractivity (Wildman–Crippen MR) is 73.7 cm³/mol. The molecular weight excluding hydrogens is 263 g/mol. The van der Waals surface area contributed by atoms with Crippen molar-refractivity contribution in [2.24, 2.45) is 0 Å². The highest BCUT2D eigenvalue weighted by Crippen LogP contribution is 2.26. The summed E-state index contributed by atoms with van der Waals surface area (Å²) in [5.74, 6) is -3.76. The fraction of sp³-hybridized carbons (Fsp3) is 0.250. The van der Waals surface area contributed by atoms with Gasteiger partial charge in [-0.05, 0) is 36.2 Å². The van der Waals surface area contributed by atoms with E-state index in [1.165, 1.54) is 6.07 Å². The zero-order valence-electron chi connectivity index (χ0n) is 11.2. The van der Waals surface area contributed by atoms with Crippen LogP contribution in [0.3, 0.4) is 0 Å². The average molecular weight is 279 g/mol. The molecule has 0 unspecified atom stereocenters. The number of benzene rings is 2. The summed E-state index contributed by atoms with van der Waals surface area (Å²) in [5.41, 5.74) is 1.66.